The van der Waals surface area contributed by atoms with E-state index in [0.717, 1.165) is 51.5 Å². The third-order valence-corrected chi connectivity index (χ3v) is 8.10. The van der Waals surface area contributed by atoms with Crippen LogP contribution in [0.4, 0.5) is 15.8 Å². The van der Waals surface area contributed by atoms with E-state index in [4.69, 9.17) is 4.74 Å². The summed E-state index contributed by atoms with van der Waals surface area (Å²) in [5.41, 5.74) is 1.72. The zero-order valence-electron chi connectivity index (χ0n) is 22.7. The molecule has 12 heteroatoms. The maximum atomic E-state index is 14.7. The van der Waals surface area contributed by atoms with Crippen molar-refractivity contribution in [3.8, 4) is 0 Å². The van der Waals surface area contributed by atoms with Crippen LogP contribution in [-0.2, 0) is 11.3 Å². The number of piperazine rings is 1. The minimum Gasteiger partial charge on any atom is -0.387 e. The van der Waals surface area contributed by atoms with Crippen molar-refractivity contribution < 1.29 is 23.8 Å². The summed E-state index contributed by atoms with van der Waals surface area (Å²) in [5, 5.41) is 17.3. The van der Waals surface area contributed by atoms with Gasteiger partial charge in [0.05, 0.1) is 36.3 Å². The lowest BCUT2D eigenvalue weighted by Crippen LogP contribution is -2.50. The first-order valence-electron chi connectivity index (χ1n) is 13.7. The van der Waals surface area contributed by atoms with Crippen LogP contribution in [0.3, 0.4) is 0 Å². The fourth-order valence-electron chi connectivity index (χ4n) is 5.65. The van der Waals surface area contributed by atoms with Gasteiger partial charge in [-0.2, -0.15) is 5.10 Å². The molecule has 3 aliphatic heterocycles. The van der Waals surface area contributed by atoms with Gasteiger partial charge < -0.3 is 25.0 Å². The van der Waals surface area contributed by atoms with Crippen molar-refractivity contribution in [3.63, 3.8) is 0 Å². The average molecular weight is 552 g/mol. The van der Waals surface area contributed by atoms with E-state index in [2.05, 4.69) is 25.2 Å². The van der Waals surface area contributed by atoms with E-state index >= 15 is 0 Å². The van der Waals surface area contributed by atoms with Crippen molar-refractivity contribution in [3.05, 3.63) is 53.5 Å². The fourth-order valence-corrected chi connectivity index (χ4v) is 5.65. The van der Waals surface area contributed by atoms with Gasteiger partial charge in [0.15, 0.2) is 5.65 Å². The van der Waals surface area contributed by atoms with E-state index < -0.39 is 11.8 Å². The first-order valence-corrected chi connectivity index (χ1v) is 13.7. The summed E-state index contributed by atoms with van der Waals surface area (Å²) in [6, 6.07) is 5.78. The number of nitrogens with one attached hydrogen (secondary N) is 1. The Kier molecular flexibility index (Phi) is 6.93. The lowest BCUT2D eigenvalue weighted by Gasteiger charge is -2.39. The molecule has 2 saturated heterocycles. The SMILES string of the molecule is CC(C)(O)C(F)CN1Cc2cc(NC(=O)c3cnn4cccnc34)c(N3CCN([C@@H]4CCOC4)CC3)cc2C1=O. The predicted molar refractivity (Wildman–Crippen MR) is 146 cm³/mol. The Morgan fingerprint density at radius 1 is 1.27 bits per heavy atom. The Labute approximate surface area is 231 Å². The normalized spacial score (nSPS) is 20.8. The molecule has 11 nitrogen and oxygen atoms in total. The highest BCUT2D eigenvalue weighted by Gasteiger charge is 2.36. The van der Waals surface area contributed by atoms with Crippen molar-refractivity contribution in [1.82, 2.24) is 24.4 Å². The molecule has 212 valence electrons. The third kappa shape index (κ3) is 5.02. The molecular formula is C28H34FN7O4. The molecule has 3 aromatic rings. The van der Waals surface area contributed by atoms with Gasteiger partial charge in [-0.15, -0.1) is 0 Å². The van der Waals surface area contributed by atoms with E-state index in [-0.39, 0.29) is 24.9 Å². The van der Waals surface area contributed by atoms with Gasteiger partial charge in [-0.1, -0.05) is 0 Å². The number of nitrogens with zero attached hydrogens (tertiary/aromatic N) is 6. The number of carbonyl (C=O) groups is 2. The molecule has 5 heterocycles. The second kappa shape index (κ2) is 10.4. The monoisotopic (exact) mass is 551 g/mol. The Morgan fingerprint density at radius 2 is 2.08 bits per heavy atom. The van der Waals surface area contributed by atoms with Crippen molar-refractivity contribution in [2.75, 3.05) is 56.2 Å². The molecule has 0 bridgehead atoms. The third-order valence-electron chi connectivity index (χ3n) is 8.10. The number of benzene rings is 1. The lowest BCUT2D eigenvalue weighted by atomic mass is 10.0. The smallest absolute Gasteiger partial charge is 0.261 e. The fraction of sp³-hybridized carbons (Fsp3) is 0.500. The number of ether oxygens (including phenoxy) is 1. The van der Waals surface area contributed by atoms with Gasteiger partial charge in [0, 0.05) is 63.3 Å². The number of hydrogen-bond donors (Lipinski definition) is 2. The highest BCUT2D eigenvalue weighted by Crippen LogP contribution is 2.36. The lowest BCUT2D eigenvalue weighted by molar-refractivity contribution is -0.0159. The van der Waals surface area contributed by atoms with Crippen LogP contribution in [0.5, 0.6) is 0 Å². The molecular weight excluding hydrogens is 517 g/mol. The number of aliphatic hydroxyl groups is 1. The first kappa shape index (κ1) is 26.6. The summed E-state index contributed by atoms with van der Waals surface area (Å²) in [6.07, 6.45) is 4.24. The van der Waals surface area contributed by atoms with Crippen molar-refractivity contribution in [1.29, 1.82) is 0 Å². The summed E-state index contributed by atoms with van der Waals surface area (Å²) in [6.45, 7) is 7.42. The van der Waals surface area contributed by atoms with Crippen LogP contribution in [0.2, 0.25) is 0 Å². The van der Waals surface area contributed by atoms with Crippen LogP contribution in [-0.4, -0.2) is 105 Å². The van der Waals surface area contributed by atoms with Gasteiger partial charge in [-0.05, 0) is 44.0 Å². The molecule has 6 rings (SSSR count). The number of alkyl halides is 1. The summed E-state index contributed by atoms with van der Waals surface area (Å²) in [5.74, 6) is -0.640. The number of carbonyl (C=O) groups excluding carboxylic acids is 2. The largest absolute Gasteiger partial charge is 0.387 e. The van der Waals surface area contributed by atoms with Crippen molar-refractivity contribution >= 4 is 28.8 Å². The molecule has 0 aliphatic carbocycles. The Bertz CT molecular complexity index is 1420. The van der Waals surface area contributed by atoms with Crippen molar-refractivity contribution in [2.45, 2.75) is 44.6 Å². The summed E-state index contributed by atoms with van der Waals surface area (Å²) >= 11 is 0. The topological polar surface area (TPSA) is 116 Å². The maximum absolute atomic E-state index is 14.7. The molecule has 1 aromatic carbocycles. The number of rotatable bonds is 7. The van der Waals surface area contributed by atoms with Crippen LogP contribution in [0.25, 0.3) is 5.65 Å². The molecule has 0 saturated carbocycles. The Hall–Kier alpha value is -3.61. The molecule has 2 atom stereocenters. The summed E-state index contributed by atoms with van der Waals surface area (Å²) in [4.78, 5) is 37.1. The molecule has 3 aliphatic rings. The zero-order valence-corrected chi connectivity index (χ0v) is 22.7. The number of fused-ring (bicyclic) bond motifs is 2. The van der Waals surface area contributed by atoms with E-state index in [9.17, 15) is 19.1 Å². The van der Waals surface area contributed by atoms with E-state index in [1.54, 1.807) is 18.5 Å². The minimum atomic E-state index is -1.60. The number of hydrogen-bond acceptors (Lipinski definition) is 8. The van der Waals surface area contributed by atoms with Crippen LogP contribution >= 0.6 is 0 Å². The molecule has 0 spiro atoms. The molecule has 0 radical (unpaired) electrons. The summed E-state index contributed by atoms with van der Waals surface area (Å²) in [7, 11) is 0. The van der Waals surface area contributed by atoms with Gasteiger partial charge >= 0.3 is 0 Å². The molecule has 2 amide bonds. The van der Waals surface area contributed by atoms with Gasteiger partial charge in [0.25, 0.3) is 11.8 Å². The van der Waals surface area contributed by atoms with Crippen LogP contribution in [0.15, 0.2) is 36.8 Å². The van der Waals surface area contributed by atoms with Gasteiger partial charge in [0.2, 0.25) is 0 Å². The van der Waals surface area contributed by atoms with Gasteiger partial charge in [-0.3, -0.25) is 14.5 Å². The quantitative estimate of drug-likeness (QED) is 0.458. The Morgan fingerprint density at radius 3 is 2.80 bits per heavy atom. The maximum Gasteiger partial charge on any atom is 0.261 e. The molecule has 40 heavy (non-hydrogen) atoms. The number of amides is 2. The van der Waals surface area contributed by atoms with Crippen molar-refractivity contribution in [2.24, 2.45) is 0 Å². The van der Waals surface area contributed by atoms with Crippen LogP contribution in [0.1, 0.15) is 46.5 Å². The second-order valence-corrected chi connectivity index (χ2v) is 11.3. The molecule has 1 unspecified atom stereocenters. The van der Waals surface area contributed by atoms with Gasteiger partial charge in [0.1, 0.15) is 11.7 Å². The molecule has 2 aromatic heterocycles. The van der Waals surface area contributed by atoms with Gasteiger partial charge in [-0.25, -0.2) is 13.9 Å². The number of anilines is 2. The zero-order chi connectivity index (χ0) is 28.0. The number of halogens is 1. The summed E-state index contributed by atoms with van der Waals surface area (Å²) < 4.78 is 21.8. The highest BCUT2D eigenvalue weighted by atomic mass is 19.1. The Balaban J connectivity index is 1.29. The van der Waals surface area contributed by atoms with Crippen LogP contribution < -0.4 is 10.2 Å². The standard InChI is InChI=1S/C28H34FN7O4/c1-28(2,39)24(29)16-35-15-18-12-22(32-26(37)21-14-31-36-6-3-5-30-25(21)36)23(13-20(18)27(35)38)34-9-7-33(8-10-34)19-4-11-40-17-19/h3,5-6,12-14,19,24,39H,4,7-11,15-17H2,1-2H3,(H,32,37)/t19-,24?/m1/s1. The minimum absolute atomic E-state index is 0.196. The highest BCUT2D eigenvalue weighted by molar-refractivity contribution is 6.10. The number of aromatic nitrogens is 3. The van der Waals surface area contributed by atoms with Crippen LogP contribution in [0, 0.1) is 0 Å². The average Bonchev–Trinajstić information content (AvgIpc) is 3.68. The molecule has 2 fully saturated rings. The second-order valence-electron chi connectivity index (χ2n) is 11.3. The predicted octanol–water partition coefficient (Wildman–Crippen LogP) is 1.96. The molecule has 2 N–H and O–H groups in total. The first-order chi connectivity index (χ1) is 19.2. The van der Waals surface area contributed by atoms with E-state index in [1.165, 1.54) is 29.5 Å². The van der Waals surface area contributed by atoms with E-state index in [1.807, 2.05) is 12.1 Å². The van der Waals surface area contributed by atoms with E-state index in [0.29, 0.717) is 34.1 Å².